The molecule has 4 heteroatoms. The second kappa shape index (κ2) is 3.27. The molecule has 0 amide bonds. The van der Waals surface area contributed by atoms with E-state index >= 15 is 0 Å². The predicted octanol–water partition coefficient (Wildman–Crippen LogP) is -0.186. The molecule has 3 nitrogen and oxygen atoms in total. The molecule has 3 atom stereocenters. The highest BCUT2D eigenvalue weighted by molar-refractivity contribution is 4.73. The third kappa shape index (κ3) is 1.65. The fourth-order valence-electron chi connectivity index (χ4n) is 0.999. The van der Waals surface area contributed by atoms with Crippen LogP contribution < -0.4 is 0 Å². The highest BCUT2D eigenvalue weighted by atomic mass is 19.1. The largest absolute Gasteiger partial charge is 0.390 e. The summed E-state index contributed by atoms with van der Waals surface area (Å²) in [5, 5.41) is 17.8. The SMILES string of the molecule is OC1CCC(O)C(CF)O1. The lowest BCUT2D eigenvalue weighted by atomic mass is 10.1. The summed E-state index contributed by atoms with van der Waals surface area (Å²) in [5.74, 6) is 0. The maximum atomic E-state index is 11.9. The summed E-state index contributed by atoms with van der Waals surface area (Å²) >= 11 is 0. The molecule has 1 aliphatic rings. The van der Waals surface area contributed by atoms with Gasteiger partial charge in [0.15, 0.2) is 6.29 Å². The van der Waals surface area contributed by atoms with Gasteiger partial charge in [0.05, 0.1) is 6.10 Å². The van der Waals surface area contributed by atoms with E-state index in [0.29, 0.717) is 12.8 Å². The van der Waals surface area contributed by atoms with Crippen LogP contribution >= 0.6 is 0 Å². The molecule has 0 radical (unpaired) electrons. The van der Waals surface area contributed by atoms with Crippen LogP contribution in [0.1, 0.15) is 12.8 Å². The van der Waals surface area contributed by atoms with Crippen LogP contribution in [-0.4, -0.2) is 35.4 Å². The number of hydrogen-bond acceptors (Lipinski definition) is 3. The minimum absolute atomic E-state index is 0.387. The normalized spacial score (nSPS) is 41.7. The van der Waals surface area contributed by atoms with Gasteiger partial charge in [0.1, 0.15) is 12.8 Å². The molecule has 60 valence electrons. The highest BCUT2D eigenvalue weighted by Gasteiger charge is 2.28. The van der Waals surface area contributed by atoms with Gasteiger partial charge in [-0.2, -0.15) is 0 Å². The summed E-state index contributed by atoms with van der Waals surface area (Å²) in [7, 11) is 0. The Bertz CT molecular complexity index is 109. The van der Waals surface area contributed by atoms with Gasteiger partial charge in [-0.15, -0.1) is 0 Å². The van der Waals surface area contributed by atoms with Gasteiger partial charge >= 0.3 is 0 Å². The lowest BCUT2D eigenvalue weighted by Gasteiger charge is -2.29. The first-order valence-corrected chi connectivity index (χ1v) is 3.31. The number of aliphatic hydroxyl groups excluding tert-OH is 2. The first kappa shape index (κ1) is 7.91. The summed E-state index contributed by atoms with van der Waals surface area (Å²) < 4.78 is 16.6. The maximum Gasteiger partial charge on any atom is 0.155 e. The Hall–Kier alpha value is -0.190. The topological polar surface area (TPSA) is 49.7 Å². The molecule has 10 heavy (non-hydrogen) atoms. The van der Waals surface area contributed by atoms with Crippen LogP contribution in [0, 0.1) is 0 Å². The second-order valence-electron chi connectivity index (χ2n) is 2.43. The van der Waals surface area contributed by atoms with Gasteiger partial charge in [0, 0.05) is 6.42 Å². The van der Waals surface area contributed by atoms with E-state index in [9.17, 15) is 4.39 Å². The predicted molar refractivity (Wildman–Crippen MR) is 32.1 cm³/mol. The van der Waals surface area contributed by atoms with Crippen LogP contribution in [0.25, 0.3) is 0 Å². The van der Waals surface area contributed by atoms with Crippen molar-refractivity contribution in [3.63, 3.8) is 0 Å². The Kier molecular flexibility index (Phi) is 2.59. The highest BCUT2D eigenvalue weighted by Crippen LogP contribution is 2.17. The van der Waals surface area contributed by atoms with E-state index in [-0.39, 0.29) is 0 Å². The Morgan fingerprint density at radius 3 is 2.60 bits per heavy atom. The Morgan fingerprint density at radius 1 is 1.40 bits per heavy atom. The second-order valence-corrected chi connectivity index (χ2v) is 2.43. The molecule has 0 aromatic heterocycles. The molecule has 1 aliphatic heterocycles. The maximum absolute atomic E-state index is 11.9. The molecule has 0 aliphatic carbocycles. The molecule has 1 fully saturated rings. The smallest absolute Gasteiger partial charge is 0.155 e. The molecular weight excluding hydrogens is 139 g/mol. The van der Waals surface area contributed by atoms with Crippen molar-refractivity contribution in [1.82, 2.24) is 0 Å². The molecule has 0 aromatic carbocycles. The van der Waals surface area contributed by atoms with Crippen molar-refractivity contribution in [2.24, 2.45) is 0 Å². The van der Waals surface area contributed by atoms with Gasteiger partial charge in [0.2, 0.25) is 0 Å². The van der Waals surface area contributed by atoms with Crippen LogP contribution in [-0.2, 0) is 4.74 Å². The number of halogens is 1. The quantitative estimate of drug-likeness (QED) is 0.545. The van der Waals surface area contributed by atoms with E-state index in [1.165, 1.54) is 0 Å². The fourth-order valence-corrected chi connectivity index (χ4v) is 0.999. The molecule has 1 rings (SSSR count). The summed E-state index contributed by atoms with van der Waals surface area (Å²) in [4.78, 5) is 0. The molecule has 3 unspecified atom stereocenters. The van der Waals surface area contributed by atoms with Crippen molar-refractivity contribution in [3.8, 4) is 0 Å². The zero-order valence-electron chi connectivity index (χ0n) is 5.53. The number of hydrogen-bond donors (Lipinski definition) is 2. The average Bonchev–Trinajstić information content (AvgIpc) is 1.94. The van der Waals surface area contributed by atoms with Crippen LogP contribution in [0.4, 0.5) is 4.39 Å². The van der Waals surface area contributed by atoms with Crippen LogP contribution in [0.3, 0.4) is 0 Å². The summed E-state index contributed by atoms with van der Waals surface area (Å²) in [6, 6.07) is 0. The van der Waals surface area contributed by atoms with Crippen LogP contribution in [0.5, 0.6) is 0 Å². The van der Waals surface area contributed by atoms with Gasteiger partial charge in [-0.25, -0.2) is 4.39 Å². The number of ether oxygens (including phenoxy) is 1. The number of rotatable bonds is 1. The van der Waals surface area contributed by atoms with Crippen LogP contribution in [0.2, 0.25) is 0 Å². The molecule has 0 spiro atoms. The molecule has 2 N–H and O–H groups in total. The van der Waals surface area contributed by atoms with Crippen molar-refractivity contribution in [3.05, 3.63) is 0 Å². The van der Waals surface area contributed by atoms with Gasteiger partial charge < -0.3 is 14.9 Å². The Morgan fingerprint density at radius 2 is 2.10 bits per heavy atom. The molecule has 0 saturated carbocycles. The summed E-state index contributed by atoms with van der Waals surface area (Å²) in [5.41, 5.74) is 0. The number of alkyl halides is 1. The van der Waals surface area contributed by atoms with Crippen molar-refractivity contribution < 1.29 is 19.3 Å². The standard InChI is InChI=1S/C6H11FO3/c7-3-5-4(8)1-2-6(9)10-5/h4-6,8-9H,1-3H2. The van der Waals surface area contributed by atoms with E-state index in [4.69, 9.17) is 10.2 Å². The van der Waals surface area contributed by atoms with E-state index in [1.807, 2.05) is 0 Å². The molecular formula is C6H11FO3. The minimum atomic E-state index is -0.899. The minimum Gasteiger partial charge on any atom is -0.390 e. The lowest BCUT2D eigenvalue weighted by Crippen LogP contribution is -2.40. The zero-order chi connectivity index (χ0) is 7.56. The first-order valence-electron chi connectivity index (χ1n) is 3.31. The Labute approximate surface area is 58.4 Å². The van der Waals surface area contributed by atoms with E-state index in [0.717, 1.165) is 0 Å². The summed E-state index contributed by atoms with van der Waals surface area (Å²) in [6.07, 6.45) is -1.69. The van der Waals surface area contributed by atoms with Gasteiger partial charge in [0.25, 0.3) is 0 Å². The van der Waals surface area contributed by atoms with Crippen LogP contribution in [0.15, 0.2) is 0 Å². The van der Waals surface area contributed by atoms with Crippen molar-refractivity contribution in [1.29, 1.82) is 0 Å². The first-order chi connectivity index (χ1) is 4.74. The van der Waals surface area contributed by atoms with Gasteiger partial charge in [-0.3, -0.25) is 0 Å². The molecule has 0 bridgehead atoms. The molecule has 1 saturated heterocycles. The summed E-state index contributed by atoms with van der Waals surface area (Å²) in [6.45, 7) is -0.738. The van der Waals surface area contributed by atoms with Gasteiger partial charge in [-0.1, -0.05) is 0 Å². The van der Waals surface area contributed by atoms with E-state index in [2.05, 4.69) is 4.74 Å². The Balaban J connectivity index is 2.38. The third-order valence-electron chi connectivity index (χ3n) is 1.62. The van der Waals surface area contributed by atoms with Crippen molar-refractivity contribution in [2.45, 2.75) is 31.3 Å². The van der Waals surface area contributed by atoms with E-state index in [1.54, 1.807) is 0 Å². The molecule has 1 heterocycles. The monoisotopic (exact) mass is 150 g/mol. The van der Waals surface area contributed by atoms with Crippen molar-refractivity contribution >= 4 is 0 Å². The fraction of sp³-hybridized carbons (Fsp3) is 1.00. The van der Waals surface area contributed by atoms with E-state index < -0.39 is 25.2 Å². The molecule has 0 aromatic rings. The third-order valence-corrected chi connectivity index (χ3v) is 1.62. The number of aliphatic hydroxyl groups is 2. The lowest BCUT2D eigenvalue weighted by molar-refractivity contribution is -0.202. The zero-order valence-corrected chi connectivity index (χ0v) is 5.53. The average molecular weight is 150 g/mol. The van der Waals surface area contributed by atoms with Gasteiger partial charge in [-0.05, 0) is 6.42 Å². The van der Waals surface area contributed by atoms with Crippen molar-refractivity contribution in [2.75, 3.05) is 6.67 Å².